The second-order valence-corrected chi connectivity index (χ2v) is 7.18. The average molecular weight is 367 g/mol. The van der Waals surface area contributed by atoms with Crippen LogP contribution in [-0.2, 0) is 16.0 Å². The van der Waals surface area contributed by atoms with Gasteiger partial charge in [-0.25, -0.2) is 4.79 Å². The number of hydrogen-bond acceptors (Lipinski definition) is 5. The van der Waals surface area contributed by atoms with Crippen molar-refractivity contribution in [1.82, 2.24) is 9.88 Å². The average Bonchev–Trinajstić information content (AvgIpc) is 2.66. The summed E-state index contributed by atoms with van der Waals surface area (Å²) >= 11 is 0. The molecule has 1 aromatic carbocycles. The summed E-state index contributed by atoms with van der Waals surface area (Å²) in [5, 5.41) is 1.07. The van der Waals surface area contributed by atoms with Gasteiger partial charge in [0.15, 0.2) is 0 Å². The molecule has 5 heteroatoms. The van der Waals surface area contributed by atoms with E-state index in [1.165, 1.54) is 11.6 Å². The predicted octanol–water partition coefficient (Wildman–Crippen LogP) is 3.09. The number of carbonyl (C=O) groups excluding carboxylic acids is 1. The van der Waals surface area contributed by atoms with Crippen molar-refractivity contribution in [3.05, 3.63) is 47.2 Å². The van der Waals surface area contributed by atoms with Crippen LogP contribution >= 0.6 is 0 Å². The Labute approximate surface area is 161 Å². The van der Waals surface area contributed by atoms with E-state index in [4.69, 9.17) is 15.5 Å². The molecule has 1 aromatic heterocycles. The second-order valence-electron chi connectivity index (χ2n) is 7.18. The van der Waals surface area contributed by atoms with Gasteiger partial charge in [0.25, 0.3) is 0 Å². The van der Waals surface area contributed by atoms with Crippen molar-refractivity contribution >= 4 is 22.9 Å². The van der Waals surface area contributed by atoms with Crippen LogP contribution in [0.4, 0.5) is 0 Å². The van der Waals surface area contributed by atoms with Crippen molar-refractivity contribution in [3.8, 4) is 0 Å². The quantitative estimate of drug-likeness (QED) is 0.628. The number of ether oxygens (including phenoxy) is 1. The van der Waals surface area contributed by atoms with E-state index >= 15 is 0 Å². The van der Waals surface area contributed by atoms with Gasteiger partial charge in [0.05, 0.1) is 12.1 Å². The Morgan fingerprint density at radius 3 is 2.81 bits per heavy atom. The van der Waals surface area contributed by atoms with Gasteiger partial charge in [0.1, 0.15) is 0 Å². The minimum Gasteiger partial charge on any atom is -0.463 e. The lowest BCUT2D eigenvalue weighted by Crippen LogP contribution is -2.40. The highest BCUT2D eigenvalue weighted by Crippen LogP contribution is 2.24. The molecule has 1 aliphatic rings. The summed E-state index contributed by atoms with van der Waals surface area (Å²) in [5.41, 5.74) is 10.3. The Morgan fingerprint density at radius 1 is 1.30 bits per heavy atom. The number of nitrogens with zero attached hydrogens (tertiary/aromatic N) is 2. The molecule has 5 nitrogen and oxygen atoms in total. The van der Waals surface area contributed by atoms with Gasteiger partial charge in [-0.1, -0.05) is 18.2 Å². The maximum Gasteiger partial charge on any atom is 0.330 e. The Hall–Kier alpha value is -2.24. The van der Waals surface area contributed by atoms with Crippen LogP contribution in [-0.4, -0.2) is 48.1 Å². The fourth-order valence-electron chi connectivity index (χ4n) is 3.54. The number of benzene rings is 1. The number of piperidine rings is 1. The highest BCUT2D eigenvalue weighted by atomic mass is 16.5. The summed E-state index contributed by atoms with van der Waals surface area (Å²) in [4.78, 5) is 18.9. The van der Waals surface area contributed by atoms with E-state index in [1.807, 2.05) is 19.1 Å². The van der Waals surface area contributed by atoms with Crippen molar-refractivity contribution in [1.29, 1.82) is 0 Å². The smallest absolute Gasteiger partial charge is 0.330 e. The van der Waals surface area contributed by atoms with Crippen molar-refractivity contribution < 1.29 is 9.53 Å². The summed E-state index contributed by atoms with van der Waals surface area (Å²) in [7, 11) is 0. The van der Waals surface area contributed by atoms with Crippen molar-refractivity contribution in [2.45, 2.75) is 39.2 Å². The summed E-state index contributed by atoms with van der Waals surface area (Å²) in [6, 6.07) is 8.66. The Kier molecular flexibility index (Phi) is 6.58. The molecule has 27 heavy (non-hydrogen) atoms. The van der Waals surface area contributed by atoms with E-state index in [2.05, 4.69) is 23.1 Å². The summed E-state index contributed by atoms with van der Waals surface area (Å²) in [5.74, 6) is -0.321. The van der Waals surface area contributed by atoms with E-state index in [-0.39, 0.29) is 5.97 Å². The number of aromatic nitrogens is 1. The van der Waals surface area contributed by atoms with Gasteiger partial charge in [-0.05, 0) is 69.5 Å². The molecule has 0 aliphatic carbocycles. The van der Waals surface area contributed by atoms with E-state index in [0.29, 0.717) is 12.6 Å². The molecule has 0 amide bonds. The molecule has 0 unspecified atom stereocenters. The summed E-state index contributed by atoms with van der Waals surface area (Å²) in [6.45, 7) is 7.37. The number of nitrogens with two attached hydrogens (primary N) is 1. The number of pyridine rings is 1. The molecule has 0 spiro atoms. The number of aryl methyl sites for hydroxylation is 1. The van der Waals surface area contributed by atoms with Crippen molar-refractivity contribution in [2.75, 3.05) is 26.2 Å². The zero-order valence-electron chi connectivity index (χ0n) is 16.3. The van der Waals surface area contributed by atoms with Crippen LogP contribution in [0.3, 0.4) is 0 Å². The van der Waals surface area contributed by atoms with E-state index in [9.17, 15) is 4.79 Å². The minimum atomic E-state index is -0.321. The topological polar surface area (TPSA) is 68.5 Å². The minimum absolute atomic E-state index is 0.321. The first-order chi connectivity index (χ1) is 13.1. The standard InChI is InChI=1S/C22H29N3O2/c1-3-27-21(26)9-7-17-5-6-18(22-20(17)8-4-16(2)24-22)10-13-25-14-11-19(23)12-15-25/h4-9,19H,3,10-15,23H2,1-2H3/b9-7+. The maximum atomic E-state index is 11.6. The lowest BCUT2D eigenvalue weighted by Gasteiger charge is -2.30. The van der Waals surface area contributed by atoms with Gasteiger partial charge in [-0.3, -0.25) is 4.98 Å². The molecule has 2 N–H and O–H groups in total. The first-order valence-corrected chi connectivity index (χ1v) is 9.79. The molecule has 2 aromatic rings. The van der Waals surface area contributed by atoms with Crippen LogP contribution in [0.1, 0.15) is 36.6 Å². The molecule has 144 valence electrons. The summed E-state index contributed by atoms with van der Waals surface area (Å²) in [6.07, 6.45) is 6.41. The third kappa shape index (κ3) is 5.15. The van der Waals surface area contributed by atoms with E-state index < -0.39 is 0 Å². The lowest BCUT2D eigenvalue weighted by atomic mass is 10.00. The number of likely N-dealkylation sites (tertiary alicyclic amines) is 1. The molecule has 1 aliphatic heterocycles. The molecular weight excluding hydrogens is 338 g/mol. The third-order valence-electron chi connectivity index (χ3n) is 5.13. The fourth-order valence-corrected chi connectivity index (χ4v) is 3.54. The Morgan fingerprint density at radius 2 is 2.07 bits per heavy atom. The number of esters is 1. The first-order valence-electron chi connectivity index (χ1n) is 9.79. The summed E-state index contributed by atoms with van der Waals surface area (Å²) < 4.78 is 4.98. The first kappa shape index (κ1) is 19.5. The van der Waals surface area contributed by atoms with Crippen LogP contribution in [0.5, 0.6) is 0 Å². The third-order valence-corrected chi connectivity index (χ3v) is 5.13. The van der Waals surface area contributed by atoms with Crippen molar-refractivity contribution in [2.24, 2.45) is 5.73 Å². The molecule has 0 saturated carbocycles. The van der Waals surface area contributed by atoms with Crippen LogP contribution in [0, 0.1) is 6.92 Å². The lowest BCUT2D eigenvalue weighted by molar-refractivity contribution is -0.137. The molecule has 1 fully saturated rings. The molecule has 0 bridgehead atoms. The number of rotatable bonds is 6. The fraction of sp³-hybridized carbons (Fsp3) is 0.455. The van der Waals surface area contributed by atoms with Gasteiger partial charge in [0.2, 0.25) is 0 Å². The predicted molar refractivity (Wildman–Crippen MR) is 110 cm³/mol. The van der Waals surface area contributed by atoms with Gasteiger partial charge in [-0.2, -0.15) is 0 Å². The highest BCUT2D eigenvalue weighted by molar-refractivity contribution is 5.94. The van der Waals surface area contributed by atoms with E-state index in [1.54, 1.807) is 6.92 Å². The Bertz CT molecular complexity index is 824. The zero-order valence-corrected chi connectivity index (χ0v) is 16.3. The number of carbonyl (C=O) groups is 1. The van der Waals surface area contributed by atoms with Gasteiger partial charge < -0.3 is 15.4 Å². The molecule has 3 rings (SSSR count). The second kappa shape index (κ2) is 9.11. The molecular formula is C22H29N3O2. The van der Waals surface area contributed by atoms with Crippen molar-refractivity contribution in [3.63, 3.8) is 0 Å². The Balaban J connectivity index is 1.81. The van der Waals surface area contributed by atoms with Crippen LogP contribution in [0.25, 0.3) is 17.0 Å². The molecule has 1 saturated heterocycles. The van der Waals surface area contributed by atoms with Crippen LogP contribution in [0.15, 0.2) is 30.3 Å². The van der Waals surface area contributed by atoms with Crippen LogP contribution in [0.2, 0.25) is 0 Å². The number of fused-ring (bicyclic) bond motifs is 1. The number of hydrogen-bond donors (Lipinski definition) is 1. The van der Waals surface area contributed by atoms with Crippen LogP contribution < -0.4 is 5.73 Å². The largest absolute Gasteiger partial charge is 0.463 e. The molecule has 2 heterocycles. The zero-order chi connectivity index (χ0) is 19.2. The normalized spacial score (nSPS) is 16.3. The molecule has 0 atom stereocenters. The highest BCUT2D eigenvalue weighted by Gasteiger charge is 2.16. The monoisotopic (exact) mass is 367 g/mol. The van der Waals surface area contributed by atoms with Gasteiger partial charge in [-0.15, -0.1) is 0 Å². The SMILES string of the molecule is CCOC(=O)/C=C/c1ccc(CCN2CCC(N)CC2)c2nc(C)ccc12. The maximum absolute atomic E-state index is 11.6. The molecule has 0 radical (unpaired) electrons. The van der Waals surface area contributed by atoms with Gasteiger partial charge >= 0.3 is 5.97 Å². The van der Waals surface area contributed by atoms with Gasteiger partial charge in [0, 0.05) is 29.7 Å². The van der Waals surface area contributed by atoms with E-state index in [0.717, 1.165) is 61.1 Å².